The van der Waals surface area contributed by atoms with Crippen LogP contribution >= 0.6 is 0 Å². The minimum atomic E-state index is -0.0158. The van der Waals surface area contributed by atoms with E-state index in [-0.39, 0.29) is 5.91 Å². The summed E-state index contributed by atoms with van der Waals surface area (Å²) in [6.07, 6.45) is 3.27. The highest BCUT2D eigenvalue weighted by Gasteiger charge is 2.30. The van der Waals surface area contributed by atoms with Crippen LogP contribution in [0, 0.1) is 0 Å². The molecule has 2 heterocycles. The number of piperidine rings is 1. The molecule has 0 atom stereocenters. The quantitative estimate of drug-likeness (QED) is 0.368. The Morgan fingerprint density at radius 3 is 1.65 bits per heavy atom. The summed E-state index contributed by atoms with van der Waals surface area (Å²) in [4.78, 5) is 15.6. The maximum absolute atomic E-state index is 13.7. The zero-order chi connectivity index (χ0) is 21.0. The maximum Gasteiger partial charge on any atom is 0.290 e. The Kier molecular flexibility index (Phi) is 5.40. The first-order chi connectivity index (χ1) is 15.3. The molecule has 154 valence electrons. The normalized spacial score (nSPS) is 13.9. The van der Waals surface area contributed by atoms with Crippen molar-refractivity contribution in [2.75, 3.05) is 13.1 Å². The molecule has 3 heteroatoms. The summed E-state index contributed by atoms with van der Waals surface area (Å²) in [7, 11) is 0. The SMILES string of the molecule is O=C(c1oc(-c2ccccc2)c(-c2ccccc2)c1-c1ccccc1)N1CCCCC1. The van der Waals surface area contributed by atoms with Crippen molar-refractivity contribution >= 4 is 5.91 Å². The third kappa shape index (κ3) is 3.79. The Hall–Kier alpha value is -3.59. The van der Waals surface area contributed by atoms with E-state index in [0.717, 1.165) is 59.5 Å². The van der Waals surface area contributed by atoms with E-state index in [9.17, 15) is 4.79 Å². The van der Waals surface area contributed by atoms with Crippen LogP contribution in [0.3, 0.4) is 0 Å². The van der Waals surface area contributed by atoms with Crippen molar-refractivity contribution in [1.82, 2.24) is 4.90 Å². The lowest BCUT2D eigenvalue weighted by atomic mass is 9.92. The Morgan fingerprint density at radius 1 is 0.613 bits per heavy atom. The highest BCUT2D eigenvalue weighted by Crippen LogP contribution is 2.45. The number of nitrogens with zero attached hydrogens (tertiary/aromatic N) is 1. The molecule has 31 heavy (non-hydrogen) atoms. The topological polar surface area (TPSA) is 33.5 Å². The van der Waals surface area contributed by atoms with Gasteiger partial charge in [0.2, 0.25) is 5.76 Å². The second-order valence-corrected chi connectivity index (χ2v) is 7.96. The summed E-state index contributed by atoms with van der Waals surface area (Å²) in [6.45, 7) is 1.57. The molecule has 0 N–H and O–H groups in total. The molecule has 5 rings (SSSR count). The van der Waals surface area contributed by atoms with Crippen molar-refractivity contribution in [3.8, 4) is 33.6 Å². The fourth-order valence-electron chi connectivity index (χ4n) is 4.38. The van der Waals surface area contributed by atoms with Crippen molar-refractivity contribution in [2.24, 2.45) is 0 Å². The van der Waals surface area contributed by atoms with Crippen molar-refractivity contribution in [1.29, 1.82) is 0 Å². The molecule has 0 aliphatic carbocycles. The van der Waals surface area contributed by atoms with Crippen molar-refractivity contribution in [3.05, 3.63) is 96.8 Å². The predicted octanol–water partition coefficient (Wildman–Crippen LogP) is 6.91. The van der Waals surface area contributed by atoms with Crippen LogP contribution in [0.2, 0.25) is 0 Å². The highest BCUT2D eigenvalue weighted by atomic mass is 16.4. The Bertz CT molecular complexity index is 1160. The highest BCUT2D eigenvalue weighted by molar-refractivity contribution is 6.06. The van der Waals surface area contributed by atoms with Crippen molar-refractivity contribution in [2.45, 2.75) is 19.3 Å². The molecule has 1 saturated heterocycles. The van der Waals surface area contributed by atoms with Gasteiger partial charge in [0.05, 0.1) is 0 Å². The number of furan rings is 1. The second-order valence-electron chi connectivity index (χ2n) is 7.96. The number of likely N-dealkylation sites (tertiary alicyclic amines) is 1. The van der Waals surface area contributed by atoms with E-state index in [1.165, 1.54) is 6.42 Å². The molecule has 0 bridgehead atoms. The molecule has 1 fully saturated rings. The van der Waals surface area contributed by atoms with E-state index in [4.69, 9.17) is 4.42 Å². The first-order valence-corrected chi connectivity index (χ1v) is 11.0. The lowest BCUT2D eigenvalue weighted by molar-refractivity contribution is 0.0694. The molecular formula is C28H25NO2. The Labute approximate surface area is 183 Å². The van der Waals surface area contributed by atoms with Gasteiger partial charge in [0, 0.05) is 29.8 Å². The van der Waals surface area contributed by atoms with Crippen molar-refractivity contribution < 1.29 is 9.21 Å². The molecule has 1 amide bonds. The van der Waals surface area contributed by atoms with Crippen LogP contribution in [0.4, 0.5) is 0 Å². The van der Waals surface area contributed by atoms with E-state index < -0.39 is 0 Å². The van der Waals surface area contributed by atoms with Gasteiger partial charge in [-0.15, -0.1) is 0 Å². The Morgan fingerprint density at radius 2 is 1.10 bits per heavy atom. The molecule has 0 unspecified atom stereocenters. The predicted molar refractivity (Wildman–Crippen MR) is 125 cm³/mol. The zero-order valence-electron chi connectivity index (χ0n) is 17.5. The first kappa shape index (κ1) is 19.4. The summed E-state index contributed by atoms with van der Waals surface area (Å²) >= 11 is 0. The molecule has 1 aromatic heterocycles. The molecule has 1 aliphatic rings. The summed E-state index contributed by atoms with van der Waals surface area (Å²) in [5.74, 6) is 1.16. The van der Waals surface area contributed by atoms with Gasteiger partial charge >= 0.3 is 0 Å². The van der Waals surface area contributed by atoms with Crippen LogP contribution in [0.15, 0.2) is 95.4 Å². The number of amides is 1. The number of rotatable bonds is 4. The third-order valence-corrected chi connectivity index (χ3v) is 5.91. The van der Waals surface area contributed by atoms with Crippen LogP contribution < -0.4 is 0 Å². The van der Waals surface area contributed by atoms with Gasteiger partial charge in [-0.25, -0.2) is 0 Å². The lowest BCUT2D eigenvalue weighted by Crippen LogP contribution is -2.35. The van der Waals surface area contributed by atoms with Crippen molar-refractivity contribution in [3.63, 3.8) is 0 Å². The van der Waals surface area contributed by atoms with Gasteiger partial charge in [-0.3, -0.25) is 4.79 Å². The largest absolute Gasteiger partial charge is 0.450 e. The zero-order valence-corrected chi connectivity index (χ0v) is 17.5. The molecule has 0 saturated carbocycles. The summed E-state index contributed by atoms with van der Waals surface area (Å²) in [5, 5.41) is 0. The summed E-state index contributed by atoms with van der Waals surface area (Å²) < 4.78 is 6.46. The number of carbonyl (C=O) groups is 1. The van der Waals surface area contributed by atoms with Crippen LogP contribution in [0.1, 0.15) is 29.8 Å². The van der Waals surface area contributed by atoms with Crippen LogP contribution in [0.25, 0.3) is 33.6 Å². The minimum absolute atomic E-state index is 0.0158. The second kappa shape index (κ2) is 8.65. The van der Waals surface area contributed by atoms with E-state index >= 15 is 0 Å². The van der Waals surface area contributed by atoms with Crippen LogP contribution in [-0.2, 0) is 0 Å². The molecular weight excluding hydrogens is 382 g/mol. The van der Waals surface area contributed by atoms with Gasteiger partial charge in [-0.2, -0.15) is 0 Å². The van der Waals surface area contributed by atoms with Crippen LogP contribution in [0.5, 0.6) is 0 Å². The van der Waals surface area contributed by atoms with Gasteiger partial charge in [-0.05, 0) is 30.4 Å². The van der Waals surface area contributed by atoms with Gasteiger partial charge in [0.25, 0.3) is 5.91 Å². The molecule has 4 aromatic rings. The van der Waals surface area contributed by atoms with Gasteiger partial charge < -0.3 is 9.32 Å². The fraction of sp³-hybridized carbons (Fsp3) is 0.179. The van der Waals surface area contributed by atoms with E-state index in [1.807, 2.05) is 71.6 Å². The first-order valence-electron chi connectivity index (χ1n) is 11.0. The number of hydrogen-bond acceptors (Lipinski definition) is 2. The standard InChI is InChI=1S/C28H25NO2/c30-28(29-19-11-4-12-20-29)27-25(22-15-7-2-8-16-22)24(21-13-5-1-6-14-21)26(31-27)23-17-9-3-10-18-23/h1-3,5-10,13-18H,4,11-12,19-20H2. The van der Waals surface area contributed by atoms with E-state index in [1.54, 1.807) is 0 Å². The van der Waals surface area contributed by atoms with E-state index in [2.05, 4.69) is 24.3 Å². The number of carbonyl (C=O) groups excluding carboxylic acids is 1. The summed E-state index contributed by atoms with van der Waals surface area (Å²) in [6, 6.07) is 30.4. The van der Waals surface area contributed by atoms with Gasteiger partial charge in [-0.1, -0.05) is 91.0 Å². The van der Waals surface area contributed by atoms with Gasteiger partial charge in [0.1, 0.15) is 5.76 Å². The average molecular weight is 408 g/mol. The average Bonchev–Trinajstić information content (AvgIpc) is 3.26. The molecule has 3 aromatic carbocycles. The minimum Gasteiger partial charge on any atom is -0.450 e. The summed E-state index contributed by atoms with van der Waals surface area (Å²) in [5.41, 5.74) is 4.85. The lowest BCUT2D eigenvalue weighted by Gasteiger charge is -2.26. The number of hydrogen-bond donors (Lipinski definition) is 0. The molecule has 1 aliphatic heterocycles. The van der Waals surface area contributed by atoms with Gasteiger partial charge in [0.15, 0.2) is 0 Å². The maximum atomic E-state index is 13.7. The molecule has 0 radical (unpaired) electrons. The van der Waals surface area contributed by atoms with Crippen LogP contribution in [-0.4, -0.2) is 23.9 Å². The Balaban J connectivity index is 1.78. The number of benzene rings is 3. The van der Waals surface area contributed by atoms with E-state index in [0.29, 0.717) is 5.76 Å². The smallest absolute Gasteiger partial charge is 0.290 e. The molecule has 0 spiro atoms. The molecule has 3 nitrogen and oxygen atoms in total. The third-order valence-electron chi connectivity index (χ3n) is 5.91. The monoisotopic (exact) mass is 407 g/mol. The fourth-order valence-corrected chi connectivity index (χ4v) is 4.38.